The highest BCUT2D eigenvalue weighted by atomic mass is 19.1. The minimum atomic E-state index is -1.03. The fourth-order valence-electron chi connectivity index (χ4n) is 2.74. The van der Waals surface area contributed by atoms with E-state index in [1.807, 2.05) is 0 Å². The molecule has 0 spiro atoms. The number of aliphatic carboxylic acids is 1. The lowest BCUT2D eigenvalue weighted by Crippen LogP contribution is -2.40. The molecule has 7 heteroatoms. The SMILES string of the molecule is COc1ccc(CCC(=O)N2CC(OC)CC2C(=O)O)cc1F. The van der Waals surface area contributed by atoms with Gasteiger partial charge in [0.1, 0.15) is 6.04 Å². The van der Waals surface area contributed by atoms with Crippen LogP contribution >= 0.6 is 0 Å². The minimum Gasteiger partial charge on any atom is -0.494 e. The number of amides is 1. The summed E-state index contributed by atoms with van der Waals surface area (Å²) in [6.45, 7) is 0.267. The van der Waals surface area contributed by atoms with Gasteiger partial charge in [-0.3, -0.25) is 4.79 Å². The van der Waals surface area contributed by atoms with Crippen molar-refractivity contribution >= 4 is 11.9 Å². The number of benzene rings is 1. The Bertz CT molecular complexity index is 592. The number of likely N-dealkylation sites (tertiary alicyclic amines) is 1. The zero-order chi connectivity index (χ0) is 17.0. The smallest absolute Gasteiger partial charge is 0.326 e. The number of methoxy groups -OCH3 is 2. The molecule has 2 rings (SSSR count). The van der Waals surface area contributed by atoms with Gasteiger partial charge in [-0.25, -0.2) is 9.18 Å². The normalized spacial score (nSPS) is 20.6. The van der Waals surface area contributed by atoms with Crippen molar-refractivity contribution in [2.75, 3.05) is 20.8 Å². The molecule has 1 aromatic carbocycles. The van der Waals surface area contributed by atoms with Gasteiger partial charge in [0, 0.05) is 26.5 Å². The third-order valence-corrected chi connectivity index (χ3v) is 4.05. The predicted octanol–water partition coefficient (Wildman–Crippen LogP) is 1.47. The van der Waals surface area contributed by atoms with Gasteiger partial charge >= 0.3 is 5.97 Å². The van der Waals surface area contributed by atoms with Crippen molar-refractivity contribution in [3.8, 4) is 5.75 Å². The number of carboxylic acids is 1. The number of ether oxygens (including phenoxy) is 2. The molecule has 6 nitrogen and oxygen atoms in total. The van der Waals surface area contributed by atoms with Crippen LogP contribution in [-0.4, -0.2) is 54.8 Å². The van der Waals surface area contributed by atoms with E-state index in [0.717, 1.165) is 0 Å². The van der Waals surface area contributed by atoms with Gasteiger partial charge in [-0.2, -0.15) is 0 Å². The topological polar surface area (TPSA) is 76.1 Å². The zero-order valence-corrected chi connectivity index (χ0v) is 13.1. The van der Waals surface area contributed by atoms with Gasteiger partial charge in [0.15, 0.2) is 11.6 Å². The van der Waals surface area contributed by atoms with Gasteiger partial charge in [0.2, 0.25) is 5.91 Å². The van der Waals surface area contributed by atoms with Crippen LogP contribution in [0.5, 0.6) is 5.75 Å². The van der Waals surface area contributed by atoms with Crippen LogP contribution in [0.1, 0.15) is 18.4 Å². The summed E-state index contributed by atoms with van der Waals surface area (Å²) in [5, 5.41) is 9.21. The summed E-state index contributed by atoms with van der Waals surface area (Å²) in [5.74, 6) is -1.64. The molecule has 1 aliphatic heterocycles. The van der Waals surface area contributed by atoms with Crippen LogP contribution in [0.25, 0.3) is 0 Å². The Labute approximate surface area is 133 Å². The van der Waals surface area contributed by atoms with E-state index in [1.54, 1.807) is 6.07 Å². The maximum absolute atomic E-state index is 13.6. The van der Waals surface area contributed by atoms with E-state index in [-0.39, 0.29) is 37.1 Å². The molecule has 1 N–H and O–H groups in total. The summed E-state index contributed by atoms with van der Waals surface area (Å²) in [6.07, 6.45) is 0.472. The van der Waals surface area contributed by atoms with Crippen LogP contribution in [0.3, 0.4) is 0 Å². The molecule has 0 aromatic heterocycles. The molecule has 0 aliphatic carbocycles. The molecule has 1 amide bonds. The second-order valence-corrected chi connectivity index (χ2v) is 5.46. The quantitative estimate of drug-likeness (QED) is 0.857. The largest absolute Gasteiger partial charge is 0.494 e. The third kappa shape index (κ3) is 3.98. The van der Waals surface area contributed by atoms with E-state index in [2.05, 4.69) is 0 Å². The number of aryl methyl sites for hydroxylation is 1. The highest BCUT2D eigenvalue weighted by Crippen LogP contribution is 2.23. The number of carbonyl (C=O) groups is 2. The van der Waals surface area contributed by atoms with Gasteiger partial charge in [-0.05, 0) is 24.1 Å². The number of carbonyl (C=O) groups excluding carboxylic acids is 1. The van der Waals surface area contributed by atoms with Crippen LogP contribution in [0.2, 0.25) is 0 Å². The molecular weight excluding hydrogens is 305 g/mol. The first-order chi connectivity index (χ1) is 11.0. The Morgan fingerprint density at radius 1 is 1.39 bits per heavy atom. The summed E-state index contributed by atoms with van der Waals surface area (Å²) in [4.78, 5) is 24.9. The number of hydrogen-bond acceptors (Lipinski definition) is 4. The van der Waals surface area contributed by atoms with E-state index in [9.17, 15) is 19.1 Å². The molecule has 23 heavy (non-hydrogen) atoms. The standard InChI is InChI=1S/C16H20FNO5/c1-22-11-8-13(16(20)21)18(9-11)15(19)6-4-10-3-5-14(23-2)12(17)7-10/h3,5,7,11,13H,4,6,8-9H2,1-2H3,(H,20,21). The summed E-state index contributed by atoms with van der Waals surface area (Å²) in [5.41, 5.74) is 0.658. The number of halogens is 1. The molecule has 2 atom stereocenters. The summed E-state index contributed by atoms with van der Waals surface area (Å²) < 4.78 is 23.6. The van der Waals surface area contributed by atoms with E-state index < -0.39 is 17.8 Å². The maximum Gasteiger partial charge on any atom is 0.326 e. The Hall–Kier alpha value is -2.15. The lowest BCUT2D eigenvalue weighted by molar-refractivity contribution is -0.148. The van der Waals surface area contributed by atoms with Crippen molar-refractivity contribution in [1.82, 2.24) is 4.90 Å². The monoisotopic (exact) mass is 325 g/mol. The van der Waals surface area contributed by atoms with E-state index >= 15 is 0 Å². The Balaban J connectivity index is 1.98. The summed E-state index contributed by atoms with van der Waals surface area (Å²) >= 11 is 0. The van der Waals surface area contributed by atoms with E-state index in [0.29, 0.717) is 12.0 Å². The highest BCUT2D eigenvalue weighted by molar-refractivity contribution is 5.84. The Kier molecular flexibility index (Phi) is 5.54. The van der Waals surface area contributed by atoms with Gasteiger partial charge in [-0.15, -0.1) is 0 Å². The summed E-state index contributed by atoms with van der Waals surface area (Å²) in [6, 6.07) is 3.65. The second-order valence-electron chi connectivity index (χ2n) is 5.46. The molecule has 0 radical (unpaired) electrons. The lowest BCUT2D eigenvalue weighted by Gasteiger charge is -2.21. The van der Waals surface area contributed by atoms with Gasteiger partial charge in [0.25, 0.3) is 0 Å². The van der Waals surface area contributed by atoms with E-state index in [4.69, 9.17) is 9.47 Å². The third-order valence-electron chi connectivity index (χ3n) is 4.05. The first-order valence-corrected chi connectivity index (χ1v) is 7.33. The van der Waals surface area contributed by atoms with Crippen molar-refractivity contribution in [1.29, 1.82) is 0 Å². The molecule has 1 saturated heterocycles. The molecule has 1 heterocycles. The number of hydrogen-bond donors (Lipinski definition) is 1. The lowest BCUT2D eigenvalue weighted by atomic mass is 10.1. The van der Waals surface area contributed by atoms with Crippen LogP contribution in [-0.2, 0) is 20.7 Å². The first-order valence-electron chi connectivity index (χ1n) is 7.33. The molecule has 1 fully saturated rings. The van der Waals surface area contributed by atoms with Crippen molar-refractivity contribution < 1.29 is 28.6 Å². The van der Waals surface area contributed by atoms with Crippen molar-refractivity contribution in [2.24, 2.45) is 0 Å². The zero-order valence-electron chi connectivity index (χ0n) is 13.1. The van der Waals surface area contributed by atoms with E-state index in [1.165, 1.54) is 31.3 Å². The Morgan fingerprint density at radius 3 is 2.70 bits per heavy atom. The number of rotatable bonds is 6. The van der Waals surface area contributed by atoms with Crippen LogP contribution in [0, 0.1) is 5.82 Å². The van der Waals surface area contributed by atoms with Crippen molar-refractivity contribution in [3.63, 3.8) is 0 Å². The molecule has 1 aromatic rings. The molecule has 0 bridgehead atoms. The minimum absolute atomic E-state index is 0.117. The maximum atomic E-state index is 13.6. The first kappa shape index (κ1) is 17.2. The number of carboxylic acid groups (broad SMARTS) is 1. The molecule has 0 saturated carbocycles. The fourth-order valence-corrected chi connectivity index (χ4v) is 2.74. The molecule has 1 aliphatic rings. The average Bonchev–Trinajstić information content (AvgIpc) is 2.97. The van der Waals surface area contributed by atoms with Gasteiger partial charge in [0.05, 0.1) is 13.2 Å². The molecular formula is C16H20FNO5. The van der Waals surface area contributed by atoms with Gasteiger partial charge in [-0.1, -0.05) is 6.07 Å². The summed E-state index contributed by atoms with van der Waals surface area (Å²) in [7, 11) is 2.88. The predicted molar refractivity (Wildman–Crippen MR) is 79.8 cm³/mol. The van der Waals surface area contributed by atoms with Crippen molar-refractivity contribution in [2.45, 2.75) is 31.4 Å². The van der Waals surface area contributed by atoms with Crippen LogP contribution in [0.15, 0.2) is 18.2 Å². The fraction of sp³-hybridized carbons (Fsp3) is 0.500. The number of nitrogens with zero attached hydrogens (tertiary/aromatic N) is 1. The average molecular weight is 325 g/mol. The van der Waals surface area contributed by atoms with Gasteiger partial charge < -0.3 is 19.5 Å². The molecule has 2 unspecified atom stereocenters. The van der Waals surface area contributed by atoms with Crippen LogP contribution in [0.4, 0.5) is 4.39 Å². The Morgan fingerprint density at radius 2 is 2.13 bits per heavy atom. The highest BCUT2D eigenvalue weighted by Gasteiger charge is 2.39. The second kappa shape index (κ2) is 7.41. The van der Waals surface area contributed by atoms with Crippen LogP contribution < -0.4 is 4.74 Å². The van der Waals surface area contributed by atoms with Crippen molar-refractivity contribution in [3.05, 3.63) is 29.6 Å². The molecule has 126 valence electrons.